The average Bonchev–Trinajstić information content (AvgIpc) is 2.06. The van der Waals surface area contributed by atoms with Crippen molar-refractivity contribution in [1.29, 1.82) is 0 Å². The predicted molar refractivity (Wildman–Crippen MR) is 47.5 cm³/mol. The number of allylic oxidation sites excluding steroid dienone is 3. The number of carbonyl (C=O) groups is 1. The van der Waals surface area contributed by atoms with Gasteiger partial charge in [0.2, 0.25) is 5.12 Å². The molecular formula is C9H10OS. The summed E-state index contributed by atoms with van der Waals surface area (Å²) < 4.78 is 0. The molecule has 58 valence electrons. The van der Waals surface area contributed by atoms with Gasteiger partial charge in [-0.05, 0) is 19.3 Å². The summed E-state index contributed by atoms with van der Waals surface area (Å²) >= 11 is 1.46. The van der Waals surface area contributed by atoms with Crippen LogP contribution >= 0.6 is 11.8 Å². The van der Waals surface area contributed by atoms with E-state index in [9.17, 15) is 4.79 Å². The molecule has 0 atom stereocenters. The van der Waals surface area contributed by atoms with E-state index < -0.39 is 0 Å². The van der Waals surface area contributed by atoms with E-state index in [2.05, 4.69) is 6.08 Å². The van der Waals surface area contributed by atoms with Crippen molar-refractivity contribution in [2.45, 2.75) is 19.3 Å². The Kier molecular flexibility index (Phi) is 1.86. The van der Waals surface area contributed by atoms with Gasteiger partial charge < -0.3 is 0 Å². The summed E-state index contributed by atoms with van der Waals surface area (Å²) in [7, 11) is 0. The number of hydrogen-bond donors (Lipinski definition) is 0. The van der Waals surface area contributed by atoms with Gasteiger partial charge in [0.05, 0.1) is 0 Å². The third kappa shape index (κ3) is 1.27. The van der Waals surface area contributed by atoms with Gasteiger partial charge in [0.25, 0.3) is 0 Å². The Morgan fingerprint density at radius 2 is 2.27 bits per heavy atom. The monoisotopic (exact) mass is 166 g/mol. The molecule has 0 unspecified atom stereocenters. The Morgan fingerprint density at radius 1 is 1.36 bits per heavy atom. The molecule has 1 nitrogen and oxygen atoms in total. The molecule has 0 spiro atoms. The highest BCUT2D eigenvalue weighted by atomic mass is 32.2. The van der Waals surface area contributed by atoms with E-state index in [4.69, 9.17) is 0 Å². The van der Waals surface area contributed by atoms with Crippen molar-refractivity contribution in [1.82, 2.24) is 0 Å². The normalized spacial score (nSPS) is 23.8. The van der Waals surface area contributed by atoms with Crippen LogP contribution in [0.5, 0.6) is 0 Å². The number of thioether (sulfide) groups is 1. The van der Waals surface area contributed by atoms with E-state index in [1.165, 1.54) is 17.3 Å². The van der Waals surface area contributed by atoms with Crippen LogP contribution in [0.25, 0.3) is 0 Å². The lowest BCUT2D eigenvalue weighted by Gasteiger charge is -2.18. The fraction of sp³-hybridized carbons (Fsp3) is 0.444. The van der Waals surface area contributed by atoms with E-state index in [0.29, 0.717) is 0 Å². The highest BCUT2D eigenvalue weighted by molar-refractivity contribution is 8.14. The van der Waals surface area contributed by atoms with Gasteiger partial charge in [-0.15, -0.1) is 0 Å². The molecule has 2 heteroatoms. The Morgan fingerprint density at radius 3 is 3.09 bits per heavy atom. The van der Waals surface area contributed by atoms with Crippen LogP contribution in [0.1, 0.15) is 19.3 Å². The zero-order chi connectivity index (χ0) is 7.68. The van der Waals surface area contributed by atoms with E-state index in [0.717, 1.165) is 30.6 Å². The number of carbonyl (C=O) groups excluding carboxylic acids is 1. The second-order valence-electron chi connectivity index (χ2n) is 2.84. The molecule has 2 rings (SSSR count). The van der Waals surface area contributed by atoms with Gasteiger partial charge in [0.15, 0.2) is 0 Å². The molecular weight excluding hydrogens is 156 g/mol. The van der Waals surface area contributed by atoms with E-state index >= 15 is 0 Å². The standard InChI is InChI=1S/C9H10OS/c10-9-8-4-2-1-3-7(8)5-6-11-9/h2,4H,1,3,5-6H2. The van der Waals surface area contributed by atoms with E-state index in [1.54, 1.807) is 0 Å². The Labute approximate surface area is 70.6 Å². The maximum atomic E-state index is 11.3. The van der Waals surface area contributed by atoms with Gasteiger partial charge in [-0.1, -0.05) is 29.5 Å². The van der Waals surface area contributed by atoms with Gasteiger partial charge in [0, 0.05) is 11.3 Å². The molecule has 0 amide bonds. The zero-order valence-electron chi connectivity index (χ0n) is 6.30. The van der Waals surface area contributed by atoms with Crippen LogP contribution in [0, 0.1) is 0 Å². The first-order valence-electron chi connectivity index (χ1n) is 3.93. The lowest BCUT2D eigenvalue weighted by Crippen LogP contribution is -2.10. The summed E-state index contributed by atoms with van der Waals surface area (Å²) in [5.74, 6) is 0.992. The van der Waals surface area contributed by atoms with Crippen molar-refractivity contribution in [3.05, 3.63) is 23.3 Å². The fourth-order valence-electron chi connectivity index (χ4n) is 1.53. The van der Waals surface area contributed by atoms with Crippen LogP contribution < -0.4 is 0 Å². The molecule has 0 N–H and O–H groups in total. The minimum atomic E-state index is 0.280. The van der Waals surface area contributed by atoms with Gasteiger partial charge in [-0.3, -0.25) is 4.79 Å². The second-order valence-corrected chi connectivity index (χ2v) is 3.91. The highest BCUT2D eigenvalue weighted by Crippen LogP contribution is 2.31. The summed E-state index contributed by atoms with van der Waals surface area (Å²) in [6.07, 6.45) is 7.45. The van der Waals surface area contributed by atoms with E-state index in [1.807, 2.05) is 6.08 Å². The maximum absolute atomic E-state index is 11.3. The molecule has 1 heterocycles. The molecule has 0 bridgehead atoms. The summed E-state index contributed by atoms with van der Waals surface area (Å²) in [4.78, 5) is 11.3. The predicted octanol–water partition coefficient (Wildman–Crippen LogP) is 2.30. The second kappa shape index (κ2) is 2.86. The number of hydrogen-bond acceptors (Lipinski definition) is 2. The Bertz CT molecular complexity index is 250. The molecule has 0 aromatic heterocycles. The molecule has 11 heavy (non-hydrogen) atoms. The van der Waals surface area contributed by atoms with Crippen molar-refractivity contribution in [2.24, 2.45) is 0 Å². The first kappa shape index (κ1) is 7.17. The van der Waals surface area contributed by atoms with Crippen molar-refractivity contribution in [2.75, 3.05) is 5.75 Å². The van der Waals surface area contributed by atoms with E-state index in [-0.39, 0.29) is 5.12 Å². The van der Waals surface area contributed by atoms with Crippen molar-refractivity contribution < 1.29 is 4.79 Å². The minimum Gasteiger partial charge on any atom is -0.282 e. The third-order valence-corrected chi connectivity index (χ3v) is 3.03. The quantitative estimate of drug-likeness (QED) is 0.549. The Balaban J connectivity index is 2.35. The molecule has 1 aliphatic heterocycles. The molecule has 0 fully saturated rings. The van der Waals surface area contributed by atoms with Gasteiger partial charge in [0.1, 0.15) is 0 Å². The average molecular weight is 166 g/mol. The Hall–Kier alpha value is -0.500. The van der Waals surface area contributed by atoms with Crippen LogP contribution in [-0.4, -0.2) is 10.9 Å². The maximum Gasteiger partial charge on any atom is 0.219 e. The SMILES string of the molecule is O=C1SCCC2=C1C=CCC2. The van der Waals surface area contributed by atoms with Crippen LogP contribution in [0.3, 0.4) is 0 Å². The number of rotatable bonds is 0. The lowest BCUT2D eigenvalue weighted by atomic mass is 9.96. The molecule has 0 aromatic rings. The molecule has 0 saturated carbocycles. The fourth-order valence-corrected chi connectivity index (χ4v) is 2.43. The highest BCUT2D eigenvalue weighted by Gasteiger charge is 2.19. The molecule has 0 aromatic carbocycles. The summed E-state index contributed by atoms with van der Waals surface area (Å²) in [6.45, 7) is 0. The van der Waals surface area contributed by atoms with Gasteiger partial charge in [-0.25, -0.2) is 0 Å². The lowest BCUT2D eigenvalue weighted by molar-refractivity contribution is -0.107. The molecule has 1 aliphatic carbocycles. The van der Waals surface area contributed by atoms with Crippen LogP contribution in [0.4, 0.5) is 0 Å². The topological polar surface area (TPSA) is 17.1 Å². The largest absolute Gasteiger partial charge is 0.282 e. The first-order valence-corrected chi connectivity index (χ1v) is 4.92. The first-order chi connectivity index (χ1) is 5.38. The van der Waals surface area contributed by atoms with Crippen molar-refractivity contribution in [3.63, 3.8) is 0 Å². The zero-order valence-corrected chi connectivity index (χ0v) is 7.12. The van der Waals surface area contributed by atoms with Crippen LogP contribution in [-0.2, 0) is 4.79 Å². The van der Waals surface area contributed by atoms with Gasteiger partial charge >= 0.3 is 0 Å². The summed E-state index contributed by atoms with van der Waals surface area (Å²) in [6, 6.07) is 0. The van der Waals surface area contributed by atoms with Crippen molar-refractivity contribution in [3.8, 4) is 0 Å². The summed E-state index contributed by atoms with van der Waals surface area (Å²) in [5.41, 5.74) is 2.38. The van der Waals surface area contributed by atoms with Crippen LogP contribution in [0.15, 0.2) is 23.3 Å². The molecule has 0 saturated heterocycles. The smallest absolute Gasteiger partial charge is 0.219 e. The summed E-state index contributed by atoms with van der Waals surface area (Å²) in [5, 5.41) is 0.280. The third-order valence-electron chi connectivity index (χ3n) is 2.14. The molecule has 0 radical (unpaired) electrons. The minimum absolute atomic E-state index is 0.280. The molecule has 2 aliphatic rings. The van der Waals surface area contributed by atoms with Gasteiger partial charge in [-0.2, -0.15) is 0 Å². The van der Waals surface area contributed by atoms with Crippen LogP contribution in [0.2, 0.25) is 0 Å². The van der Waals surface area contributed by atoms with Crippen molar-refractivity contribution >= 4 is 16.9 Å².